The topological polar surface area (TPSA) is 0 Å². The highest BCUT2D eigenvalue weighted by molar-refractivity contribution is 6.65. The molecule has 4 rings (SSSR count). The van der Waals surface area contributed by atoms with Crippen LogP contribution < -0.4 is 0 Å². The fraction of sp³-hybridized carbons (Fsp3) is 0.867. The standard InChI is InChI=1S/C15H16Cl6/c1-11(2)4-7-3-8(11)12(5-7)6-13(18)9(16)10(17)14(12,19)15(13,20)21/h7-8H,3-6H2,1-2H3. The third kappa shape index (κ3) is 1.39. The maximum absolute atomic E-state index is 7.09. The lowest BCUT2D eigenvalue weighted by Gasteiger charge is -2.52. The Balaban J connectivity index is 1.96. The van der Waals surface area contributed by atoms with E-state index in [0.717, 1.165) is 12.8 Å². The summed E-state index contributed by atoms with van der Waals surface area (Å²) in [6.07, 6.45) is 3.97. The minimum Gasteiger partial charge on any atom is -0.110 e. The summed E-state index contributed by atoms with van der Waals surface area (Å²) in [7, 11) is 0. The minimum absolute atomic E-state index is 0.204. The van der Waals surface area contributed by atoms with Gasteiger partial charge in [-0.1, -0.05) is 60.3 Å². The first-order chi connectivity index (χ1) is 9.44. The van der Waals surface area contributed by atoms with Crippen LogP contribution in [0.25, 0.3) is 0 Å². The van der Waals surface area contributed by atoms with Gasteiger partial charge in [0.1, 0.15) is 9.75 Å². The van der Waals surface area contributed by atoms with Gasteiger partial charge in [0.15, 0.2) is 4.33 Å². The first-order valence-electron chi connectivity index (χ1n) is 7.26. The van der Waals surface area contributed by atoms with Crippen molar-refractivity contribution in [1.82, 2.24) is 0 Å². The largest absolute Gasteiger partial charge is 0.166 e. The molecule has 1 spiro atoms. The molecule has 4 bridgehead atoms. The quantitative estimate of drug-likeness (QED) is 0.393. The van der Waals surface area contributed by atoms with E-state index in [-0.39, 0.29) is 10.8 Å². The van der Waals surface area contributed by atoms with Crippen LogP contribution >= 0.6 is 69.6 Å². The highest BCUT2D eigenvalue weighted by Gasteiger charge is 2.86. The van der Waals surface area contributed by atoms with E-state index in [1.54, 1.807) is 0 Å². The molecule has 3 fully saturated rings. The lowest BCUT2D eigenvalue weighted by molar-refractivity contribution is 0.0377. The van der Waals surface area contributed by atoms with Crippen LogP contribution in [-0.4, -0.2) is 14.1 Å². The highest BCUT2D eigenvalue weighted by Crippen LogP contribution is 2.85. The Bertz CT molecular complexity index is 581. The van der Waals surface area contributed by atoms with Gasteiger partial charge in [0, 0.05) is 5.41 Å². The van der Waals surface area contributed by atoms with Crippen molar-refractivity contribution in [1.29, 1.82) is 0 Å². The van der Waals surface area contributed by atoms with Gasteiger partial charge in [-0.2, -0.15) is 0 Å². The predicted octanol–water partition coefficient (Wildman–Crippen LogP) is 6.66. The number of hydrogen-bond acceptors (Lipinski definition) is 0. The second-order valence-corrected chi connectivity index (χ2v) is 11.3. The van der Waals surface area contributed by atoms with Crippen molar-refractivity contribution >= 4 is 69.6 Å². The number of fused-ring (bicyclic) bond motifs is 6. The molecule has 3 saturated carbocycles. The molecule has 0 saturated heterocycles. The van der Waals surface area contributed by atoms with Crippen LogP contribution in [0.3, 0.4) is 0 Å². The van der Waals surface area contributed by atoms with Gasteiger partial charge in [-0.25, -0.2) is 0 Å². The minimum atomic E-state index is -1.38. The molecule has 6 heteroatoms. The van der Waals surface area contributed by atoms with Crippen molar-refractivity contribution in [3.8, 4) is 0 Å². The van der Waals surface area contributed by atoms with E-state index in [2.05, 4.69) is 13.8 Å². The molecule has 0 aliphatic heterocycles. The van der Waals surface area contributed by atoms with Gasteiger partial charge in [0.2, 0.25) is 0 Å². The van der Waals surface area contributed by atoms with E-state index in [9.17, 15) is 0 Å². The number of alkyl halides is 4. The molecule has 0 aromatic rings. The number of allylic oxidation sites excluding steroid dienone is 2. The van der Waals surface area contributed by atoms with E-state index < -0.39 is 14.1 Å². The molecule has 0 radical (unpaired) electrons. The number of halogens is 6. The predicted molar refractivity (Wildman–Crippen MR) is 92.0 cm³/mol. The molecule has 4 aliphatic carbocycles. The van der Waals surface area contributed by atoms with Crippen LogP contribution in [0.15, 0.2) is 10.1 Å². The Kier molecular flexibility index (Phi) is 3.04. The summed E-state index contributed by atoms with van der Waals surface area (Å²) in [5, 5.41) is 0.692. The van der Waals surface area contributed by atoms with Crippen LogP contribution in [0.2, 0.25) is 0 Å². The molecule has 0 amide bonds. The third-order valence-electron chi connectivity index (χ3n) is 6.67. The molecular formula is C15H16Cl6. The van der Waals surface area contributed by atoms with Gasteiger partial charge in [0.25, 0.3) is 0 Å². The molecule has 0 nitrogen and oxygen atoms in total. The summed E-state index contributed by atoms with van der Waals surface area (Å²) < 4.78 is -1.38. The molecule has 5 atom stereocenters. The zero-order valence-corrected chi connectivity index (χ0v) is 16.3. The fourth-order valence-electron chi connectivity index (χ4n) is 6.13. The average molecular weight is 409 g/mol. The molecule has 4 aliphatic rings. The Morgan fingerprint density at radius 2 is 1.57 bits per heavy atom. The van der Waals surface area contributed by atoms with Crippen molar-refractivity contribution in [2.45, 2.75) is 53.6 Å². The van der Waals surface area contributed by atoms with E-state index >= 15 is 0 Å². The average Bonchev–Trinajstić information content (AvgIpc) is 2.92. The van der Waals surface area contributed by atoms with Gasteiger partial charge < -0.3 is 0 Å². The van der Waals surface area contributed by atoms with Crippen LogP contribution in [0.1, 0.15) is 39.5 Å². The van der Waals surface area contributed by atoms with Crippen LogP contribution in [0.5, 0.6) is 0 Å². The normalized spacial score (nSPS) is 56.0. The van der Waals surface area contributed by atoms with Gasteiger partial charge in [0.05, 0.1) is 10.1 Å². The number of rotatable bonds is 0. The smallest absolute Gasteiger partial charge is 0.110 e. The van der Waals surface area contributed by atoms with E-state index in [1.165, 1.54) is 6.42 Å². The maximum Gasteiger partial charge on any atom is 0.166 e. The second kappa shape index (κ2) is 4.00. The Morgan fingerprint density at radius 1 is 0.952 bits per heavy atom. The maximum atomic E-state index is 7.09. The van der Waals surface area contributed by atoms with Gasteiger partial charge in [-0.05, 0) is 42.9 Å². The van der Waals surface area contributed by atoms with Crippen molar-refractivity contribution in [2.24, 2.45) is 22.7 Å². The summed E-state index contributed by atoms with van der Waals surface area (Å²) in [6.45, 7) is 4.60. The first-order valence-corrected chi connectivity index (χ1v) is 9.53. The lowest BCUT2D eigenvalue weighted by atomic mass is 9.57. The van der Waals surface area contributed by atoms with Crippen molar-refractivity contribution in [3.05, 3.63) is 10.1 Å². The van der Waals surface area contributed by atoms with Gasteiger partial charge in [-0.3, -0.25) is 0 Å². The fourth-order valence-corrected chi connectivity index (χ4v) is 9.21. The lowest BCUT2D eigenvalue weighted by Crippen LogP contribution is -2.54. The van der Waals surface area contributed by atoms with Crippen LogP contribution in [0.4, 0.5) is 0 Å². The molecule has 0 aromatic carbocycles. The van der Waals surface area contributed by atoms with Gasteiger partial charge in [-0.15, -0.1) is 23.2 Å². The number of hydrogen-bond donors (Lipinski definition) is 0. The second-order valence-electron chi connectivity index (χ2n) is 8.05. The summed E-state index contributed by atoms with van der Waals surface area (Å²) in [5.74, 6) is 1.07. The van der Waals surface area contributed by atoms with E-state index in [1.807, 2.05) is 0 Å². The summed E-state index contributed by atoms with van der Waals surface area (Å²) in [4.78, 5) is -2.16. The zero-order valence-electron chi connectivity index (χ0n) is 11.8. The Hall–Kier alpha value is 1.48. The summed E-state index contributed by atoms with van der Waals surface area (Å²) in [5.41, 5.74) is -0.0578. The monoisotopic (exact) mass is 406 g/mol. The molecule has 5 unspecified atom stereocenters. The van der Waals surface area contributed by atoms with Crippen molar-refractivity contribution in [3.63, 3.8) is 0 Å². The van der Waals surface area contributed by atoms with Crippen molar-refractivity contribution in [2.75, 3.05) is 0 Å². The summed E-state index contributed by atoms with van der Waals surface area (Å²) in [6, 6.07) is 0. The summed E-state index contributed by atoms with van der Waals surface area (Å²) >= 11 is 40.2. The van der Waals surface area contributed by atoms with E-state index in [0.29, 0.717) is 28.3 Å². The van der Waals surface area contributed by atoms with E-state index in [4.69, 9.17) is 69.6 Å². The first kappa shape index (κ1) is 16.0. The molecule has 0 aromatic heterocycles. The molecule has 21 heavy (non-hydrogen) atoms. The van der Waals surface area contributed by atoms with Crippen LogP contribution in [0, 0.1) is 22.7 Å². The zero-order chi connectivity index (χ0) is 15.6. The Labute approximate surface area is 155 Å². The third-order valence-corrected chi connectivity index (χ3v) is 11.0. The van der Waals surface area contributed by atoms with Crippen molar-refractivity contribution < 1.29 is 0 Å². The van der Waals surface area contributed by atoms with Crippen LogP contribution in [-0.2, 0) is 0 Å². The Morgan fingerprint density at radius 3 is 2.00 bits per heavy atom. The molecule has 0 heterocycles. The molecular weight excluding hydrogens is 393 g/mol. The SMILES string of the molecule is CC1(C)CC2CC1C1(C2)CC2(Cl)C(Cl)=C(Cl)C1(Cl)C2(Cl)Cl. The molecule has 118 valence electrons. The van der Waals surface area contributed by atoms with Gasteiger partial charge >= 0.3 is 0 Å². The molecule has 0 N–H and O–H groups in total. The highest BCUT2D eigenvalue weighted by atomic mass is 35.5.